The summed E-state index contributed by atoms with van der Waals surface area (Å²) in [6, 6.07) is -0.739. The molecule has 0 rings (SSSR count). The van der Waals surface area contributed by atoms with E-state index in [0.29, 0.717) is 131 Å². The molecule has 0 aromatic carbocycles. The number of hydrogen-bond acceptors (Lipinski definition) is 17. The average molecular weight is 958 g/mol. The SMILES string of the molecule is CCC(N)=O.CCOCCOCCC(=O)NC(CCCCNC(=O)CCOCCOCCOCCN)C(=O)NCCOCCOCCOCCC(N)=O.COCCN.O=C(O)C(F)(F)F. The molecule has 5 amide bonds. The van der Waals surface area contributed by atoms with Crippen LogP contribution in [0.2, 0.25) is 0 Å². The number of hydrogen-bond donors (Lipinski definition) is 8. The number of unbranched alkanes of at least 4 members (excludes halogenated alkanes) is 1. The van der Waals surface area contributed by atoms with Crippen molar-refractivity contribution in [3.05, 3.63) is 0 Å². The third-order valence-corrected chi connectivity index (χ3v) is 7.12. The number of nitrogens with one attached hydrogen (secondary N) is 3. The van der Waals surface area contributed by atoms with Gasteiger partial charge in [-0.1, -0.05) is 6.92 Å². The van der Waals surface area contributed by atoms with Crippen LogP contribution in [0, 0.1) is 0 Å². The number of nitrogens with two attached hydrogens (primary N) is 4. The monoisotopic (exact) mass is 958 g/mol. The molecule has 0 spiro atoms. The number of methoxy groups -OCH3 is 1. The molecule has 1 unspecified atom stereocenters. The maximum atomic E-state index is 12.9. The largest absolute Gasteiger partial charge is 0.490 e. The van der Waals surface area contributed by atoms with Crippen LogP contribution in [0.3, 0.4) is 0 Å². The highest BCUT2D eigenvalue weighted by molar-refractivity contribution is 5.87. The molecular formula is C39H78F3N7O16. The molecule has 0 saturated heterocycles. The second-order valence-electron chi connectivity index (χ2n) is 12.6. The Bertz CT molecular complexity index is 1150. The van der Waals surface area contributed by atoms with E-state index in [1.165, 1.54) is 0 Å². The Morgan fingerprint density at radius 2 is 0.969 bits per heavy atom. The Morgan fingerprint density at radius 1 is 0.554 bits per heavy atom. The summed E-state index contributed by atoms with van der Waals surface area (Å²) in [4.78, 5) is 66.6. The first-order valence-electron chi connectivity index (χ1n) is 21.2. The fraction of sp³-hybridized carbons (Fsp3) is 0.846. The van der Waals surface area contributed by atoms with Gasteiger partial charge in [-0.2, -0.15) is 13.2 Å². The molecule has 0 bridgehead atoms. The van der Waals surface area contributed by atoms with Gasteiger partial charge in [0, 0.05) is 65.6 Å². The summed E-state index contributed by atoms with van der Waals surface area (Å²) in [7, 11) is 1.63. The summed E-state index contributed by atoms with van der Waals surface area (Å²) in [6.45, 7) is 12.2. The predicted octanol–water partition coefficient (Wildman–Crippen LogP) is -1.25. The maximum absolute atomic E-state index is 12.9. The lowest BCUT2D eigenvalue weighted by Gasteiger charge is -2.19. The third-order valence-electron chi connectivity index (χ3n) is 7.12. The second kappa shape index (κ2) is 52.8. The van der Waals surface area contributed by atoms with Crippen LogP contribution < -0.4 is 38.9 Å². The van der Waals surface area contributed by atoms with Gasteiger partial charge in [-0.05, 0) is 26.2 Å². The van der Waals surface area contributed by atoms with Crippen LogP contribution in [0.4, 0.5) is 13.2 Å². The Kier molecular flexibility index (Phi) is 55.0. The van der Waals surface area contributed by atoms with Crippen molar-refractivity contribution in [1.82, 2.24) is 16.0 Å². The molecule has 0 radical (unpaired) electrons. The van der Waals surface area contributed by atoms with Crippen molar-refractivity contribution >= 4 is 35.5 Å². The summed E-state index contributed by atoms with van der Waals surface area (Å²) in [5.74, 6) is -4.16. The number of primary amides is 2. The average Bonchev–Trinajstić information content (AvgIpc) is 3.25. The van der Waals surface area contributed by atoms with Gasteiger partial charge in [-0.25, -0.2) is 4.79 Å². The van der Waals surface area contributed by atoms with Gasteiger partial charge in [0.1, 0.15) is 6.04 Å². The third kappa shape index (κ3) is 62.3. The number of amides is 5. The second-order valence-corrected chi connectivity index (χ2v) is 12.6. The molecule has 0 saturated carbocycles. The van der Waals surface area contributed by atoms with E-state index in [1.807, 2.05) is 6.92 Å². The van der Waals surface area contributed by atoms with E-state index >= 15 is 0 Å². The molecule has 12 N–H and O–H groups in total. The Hall–Kier alpha value is -3.83. The van der Waals surface area contributed by atoms with E-state index in [-0.39, 0.29) is 75.9 Å². The summed E-state index contributed by atoms with van der Waals surface area (Å²) in [5.41, 5.74) is 20.0. The zero-order valence-corrected chi connectivity index (χ0v) is 38.4. The van der Waals surface area contributed by atoms with Crippen LogP contribution in [0.25, 0.3) is 0 Å². The molecule has 0 aliphatic rings. The zero-order valence-electron chi connectivity index (χ0n) is 38.4. The molecule has 26 heteroatoms. The van der Waals surface area contributed by atoms with E-state index in [9.17, 15) is 37.1 Å². The van der Waals surface area contributed by atoms with Crippen LogP contribution in [0.15, 0.2) is 0 Å². The lowest BCUT2D eigenvalue weighted by atomic mass is 10.1. The number of halogens is 3. The maximum Gasteiger partial charge on any atom is 0.490 e. The number of aliphatic carboxylic acids is 1. The number of alkyl halides is 3. The van der Waals surface area contributed by atoms with Gasteiger partial charge in [0.05, 0.1) is 106 Å². The first-order valence-corrected chi connectivity index (χ1v) is 21.2. The molecule has 386 valence electrons. The number of carbonyl (C=O) groups is 6. The van der Waals surface area contributed by atoms with Crippen LogP contribution in [0.5, 0.6) is 0 Å². The van der Waals surface area contributed by atoms with Crippen molar-refractivity contribution in [2.75, 3.05) is 146 Å². The first kappa shape index (κ1) is 67.8. The van der Waals surface area contributed by atoms with Gasteiger partial charge in [0.2, 0.25) is 29.5 Å². The number of carboxylic acid groups (broad SMARTS) is 1. The molecule has 0 aromatic heterocycles. The molecule has 23 nitrogen and oxygen atoms in total. The molecule has 0 aromatic rings. The summed E-state index contributed by atoms with van der Waals surface area (Å²) in [6.07, 6.45) is -2.49. The van der Waals surface area contributed by atoms with Gasteiger partial charge < -0.3 is 86.6 Å². The first-order chi connectivity index (χ1) is 31.0. The number of rotatable bonds is 40. The topological polar surface area (TPSA) is 346 Å². The van der Waals surface area contributed by atoms with Gasteiger partial charge in [0.25, 0.3) is 0 Å². The number of carbonyl (C=O) groups excluding carboxylic acids is 5. The van der Waals surface area contributed by atoms with E-state index in [4.69, 9.17) is 65.0 Å². The smallest absolute Gasteiger partial charge is 0.475 e. The van der Waals surface area contributed by atoms with Crippen molar-refractivity contribution in [3.8, 4) is 0 Å². The Labute approximate surface area is 380 Å². The van der Waals surface area contributed by atoms with Crippen LogP contribution in [-0.2, 0) is 71.4 Å². The molecule has 1 atom stereocenters. The highest BCUT2D eigenvalue weighted by atomic mass is 19.4. The van der Waals surface area contributed by atoms with E-state index in [1.54, 1.807) is 14.0 Å². The minimum absolute atomic E-state index is 0.114. The van der Waals surface area contributed by atoms with E-state index < -0.39 is 24.1 Å². The van der Waals surface area contributed by atoms with Gasteiger partial charge >= 0.3 is 12.1 Å². The summed E-state index contributed by atoms with van der Waals surface area (Å²) >= 11 is 0. The summed E-state index contributed by atoms with van der Waals surface area (Å²) < 4.78 is 79.0. The van der Waals surface area contributed by atoms with Gasteiger partial charge in [-0.15, -0.1) is 0 Å². The molecule has 0 aliphatic heterocycles. The minimum Gasteiger partial charge on any atom is -0.475 e. The molecular weight excluding hydrogens is 879 g/mol. The minimum atomic E-state index is -5.08. The highest BCUT2D eigenvalue weighted by Gasteiger charge is 2.38. The van der Waals surface area contributed by atoms with Crippen molar-refractivity contribution in [3.63, 3.8) is 0 Å². The van der Waals surface area contributed by atoms with Crippen molar-refractivity contribution in [1.29, 1.82) is 0 Å². The van der Waals surface area contributed by atoms with Crippen molar-refractivity contribution < 1.29 is 89.7 Å². The lowest BCUT2D eigenvalue weighted by Crippen LogP contribution is -2.47. The van der Waals surface area contributed by atoms with Gasteiger partial charge in [-0.3, -0.25) is 24.0 Å². The Balaban J connectivity index is -0.000000915. The van der Waals surface area contributed by atoms with Crippen LogP contribution in [-0.4, -0.2) is 198 Å². The standard InChI is InChI=1S/C31H61N5O12.C3H9NO.C3H7NO.C2HF3O2/c1-2-41-17-18-44-14-8-30(39)36-27(31(40)35-11-16-46-22-26-48-23-19-42-12-6-28(33)37)5-3-4-10-34-29(38)7-13-43-20-24-47-25-21-45-15-9-32;1-5-3-2-4;1-2-3(4)5;3-2(4,5)1(6)7/h27H,2-26,32H2,1H3,(H2,33,37)(H,34,38)(H,35,40)(H,36,39);2-4H2,1H3;2H2,1H3,(H2,4,5);(H,6,7). The van der Waals surface area contributed by atoms with E-state index in [2.05, 4.69) is 26.4 Å². The number of ether oxygens (including phenoxy) is 9. The van der Waals surface area contributed by atoms with Gasteiger partial charge in [0.15, 0.2) is 0 Å². The van der Waals surface area contributed by atoms with Crippen molar-refractivity contribution in [2.45, 2.75) is 71.0 Å². The fourth-order valence-electron chi connectivity index (χ4n) is 3.85. The highest BCUT2D eigenvalue weighted by Crippen LogP contribution is 2.13. The Morgan fingerprint density at radius 3 is 1.37 bits per heavy atom. The van der Waals surface area contributed by atoms with E-state index in [0.717, 1.165) is 0 Å². The predicted molar refractivity (Wildman–Crippen MR) is 230 cm³/mol. The normalized spacial score (nSPS) is 11.1. The zero-order chi connectivity index (χ0) is 49.8. The van der Waals surface area contributed by atoms with Crippen molar-refractivity contribution in [2.24, 2.45) is 22.9 Å². The molecule has 0 aliphatic carbocycles. The molecule has 65 heavy (non-hydrogen) atoms. The van der Waals surface area contributed by atoms with Crippen LogP contribution >= 0.6 is 0 Å². The van der Waals surface area contributed by atoms with Crippen LogP contribution in [0.1, 0.15) is 58.8 Å². The summed E-state index contributed by atoms with van der Waals surface area (Å²) in [5, 5.41) is 15.6. The molecule has 0 fully saturated rings. The lowest BCUT2D eigenvalue weighted by molar-refractivity contribution is -0.192. The fourth-order valence-corrected chi connectivity index (χ4v) is 3.85. The molecule has 0 heterocycles. The quantitative estimate of drug-likeness (QED) is 0.0333. The number of carboxylic acids is 1.